The molecule has 3 unspecified atom stereocenters. The fourth-order valence-corrected chi connectivity index (χ4v) is 6.14. The lowest BCUT2D eigenvalue weighted by molar-refractivity contribution is -0.245. The summed E-state index contributed by atoms with van der Waals surface area (Å²) in [6.07, 6.45) is 0.466. The van der Waals surface area contributed by atoms with Gasteiger partial charge in [-0.15, -0.1) is 11.8 Å². The van der Waals surface area contributed by atoms with Crippen LogP contribution < -0.4 is 16.4 Å². The zero-order chi connectivity index (χ0) is 33.9. The van der Waals surface area contributed by atoms with E-state index < -0.39 is 12.3 Å². The van der Waals surface area contributed by atoms with E-state index in [1.807, 2.05) is 48.5 Å². The Bertz CT molecular complexity index is 1680. The van der Waals surface area contributed by atoms with Crippen LogP contribution in [0, 0.1) is 0 Å². The minimum atomic E-state index is -0.960. The molecule has 0 aromatic heterocycles. The summed E-state index contributed by atoms with van der Waals surface area (Å²) >= 11 is 1.59. The highest BCUT2D eigenvalue weighted by Gasteiger charge is 2.32. The highest BCUT2D eigenvalue weighted by molar-refractivity contribution is 7.99. The Kier molecular flexibility index (Phi) is 12.2. The quantitative estimate of drug-likeness (QED) is 0.0776. The average molecular weight is 670 g/mol. The van der Waals surface area contributed by atoms with Gasteiger partial charge >= 0.3 is 5.97 Å². The molecule has 1 aliphatic heterocycles. The van der Waals surface area contributed by atoms with Crippen LogP contribution in [-0.4, -0.2) is 39.9 Å². The van der Waals surface area contributed by atoms with Crippen molar-refractivity contribution in [2.24, 2.45) is 0 Å². The summed E-state index contributed by atoms with van der Waals surface area (Å²) in [6, 6.07) is 29.2. The number of aromatic carboxylic acids is 1. The Balaban J connectivity index is 1.14. The van der Waals surface area contributed by atoms with Crippen LogP contribution in [0.2, 0.25) is 0 Å². The molecule has 0 spiro atoms. The van der Waals surface area contributed by atoms with Crippen molar-refractivity contribution in [2.45, 2.75) is 62.2 Å². The number of carboxylic acid groups (broad SMARTS) is 1. The number of anilines is 2. The van der Waals surface area contributed by atoms with Gasteiger partial charge in [0.05, 0.1) is 35.8 Å². The largest absolute Gasteiger partial charge is 0.478 e. The number of benzene rings is 4. The molecule has 48 heavy (non-hydrogen) atoms. The fourth-order valence-electron chi connectivity index (χ4n) is 5.22. The number of ether oxygens (including phenoxy) is 2. The van der Waals surface area contributed by atoms with Gasteiger partial charge < -0.3 is 36.1 Å². The number of nitrogens with one attached hydrogen (secondary N) is 2. The number of rotatable bonds is 14. The van der Waals surface area contributed by atoms with Crippen molar-refractivity contribution in [2.75, 3.05) is 16.8 Å². The SMILES string of the molecule is Nc1ccccc1NC(=O)CCCC(=O)NCc1ccc(C2OC(CSc3ccc(C(=O)O)cc3)CC(c3ccc(CO)cc3)O2)cc1. The average Bonchev–Trinajstić information content (AvgIpc) is 3.11. The number of aliphatic hydroxyl groups excluding tert-OH is 1. The van der Waals surface area contributed by atoms with Crippen molar-refractivity contribution < 1.29 is 34.1 Å². The summed E-state index contributed by atoms with van der Waals surface area (Å²) < 4.78 is 12.8. The number of hydrogen-bond donors (Lipinski definition) is 5. The summed E-state index contributed by atoms with van der Waals surface area (Å²) in [6.45, 7) is 0.310. The number of carbonyl (C=O) groups excluding carboxylic acids is 2. The molecule has 1 fully saturated rings. The summed E-state index contributed by atoms with van der Waals surface area (Å²) in [5.74, 6) is -0.650. The molecular formula is C37H39N3O7S. The second-order valence-electron chi connectivity index (χ2n) is 11.5. The van der Waals surface area contributed by atoms with Gasteiger partial charge in [-0.05, 0) is 59.5 Å². The molecule has 0 bridgehead atoms. The number of carboxylic acids is 1. The van der Waals surface area contributed by atoms with Crippen molar-refractivity contribution >= 4 is 40.9 Å². The standard InChI is InChI=1S/C37H39N3O7S/c38-31-4-1-2-5-32(31)40-35(43)7-3-6-34(42)39-21-24-8-14-28(15-9-24)37-46-29(23-48-30-18-16-27(17-19-30)36(44)45)20-33(47-37)26-12-10-25(22-41)11-13-26/h1-2,4-5,8-19,29,33,37,41H,3,6-7,20-23,38H2,(H,39,42)(H,40,43)(H,44,45). The number of nitrogen functional groups attached to an aromatic ring is 1. The van der Waals surface area contributed by atoms with Crippen LogP contribution in [0.15, 0.2) is 102 Å². The zero-order valence-corrected chi connectivity index (χ0v) is 27.2. The first-order valence-electron chi connectivity index (χ1n) is 15.7. The smallest absolute Gasteiger partial charge is 0.335 e. The second-order valence-corrected chi connectivity index (χ2v) is 12.6. The maximum atomic E-state index is 12.4. The van der Waals surface area contributed by atoms with Crippen LogP contribution in [-0.2, 0) is 32.2 Å². The third kappa shape index (κ3) is 9.91. The van der Waals surface area contributed by atoms with Crippen LogP contribution in [0.4, 0.5) is 11.4 Å². The topological polar surface area (TPSA) is 160 Å². The molecule has 0 aliphatic carbocycles. The predicted octanol–water partition coefficient (Wildman–Crippen LogP) is 6.22. The molecule has 0 saturated carbocycles. The summed E-state index contributed by atoms with van der Waals surface area (Å²) in [7, 11) is 0. The molecule has 11 heteroatoms. The molecule has 4 aromatic rings. The van der Waals surface area contributed by atoms with Gasteiger partial charge in [0.15, 0.2) is 6.29 Å². The number of para-hydroxylation sites is 2. The van der Waals surface area contributed by atoms with Crippen molar-refractivity contribution in [3.63, 3.8) is 0 Å². The maximum Gasteiger partial charge on any atom is 0.335 e. The van der Waals surface area contributed by atoms with Gasteiger partial charge in [0.2, 0.25) is 11.8 Å². The number of hydrogen-bond acceptors (Lipinski definition) is 8. The molecule has 4 aromatic carbocycles. The minimum Gasteiger partial charge on any atom is -0.478 e. The van der Waals surface area contributed by atoms with Crippen LogP contribution >= 0.6 is 11.8 Å². The summed E-state index contributed by atoms with van der Waals surface area (Å²) in [4.78, 5) is 36.8. The molecule has 6 N–H and O–H groups in total. The highest BCUT2D eigenvalue weighted by atomic mass is 32.2. The lowest BCUT2D eigenvalue weighted by Crippen LogP contribution is -2.31. The lowest BCUT2D eigenvalue weighted by atomic mass is 10.0. The van der Waals surface area contributed by atoms with Crippen molar-refractivity contribution in [1.82, 2.24) is 5.32 Å². The van der Waals surface area contributed by atoms with E-state index in [2.05, 4.69) is 10.6 Å². The van der Waals surface area contributed by atoms with Gasteiger partial charge in [0.25, 0.3) is 0 Å². The first kappa shape index (κ1) is 34.6. The van der Waals surface area contributed by atoms with E-state index in [-0.39, 0.29) is 49.0 Å². The molecule has 1 heterocycles. The van der Waals surface area contributed by atoms with Crippen LogP contribution in [0.5, 0.6) is 0 Å². The maximum absolute atomic E-state index is 12.4. The summed E-state index contributed by atoms with van der Waals surface area (Å²) in [5.41, 5.74) is 10.7. The molecule has 5 rings (SSSR count). The molecule has 250 valence electrons. The Morgan fingerprint density at radius 1 is 0.812 bits per heavy atom. The van der Waals surface area contributed by atoms with E-state index in [1.165, 1.54) is 0 Å². The zero-order valence-electron chi connectivity index (χ0n) is 26.3. The third-order valence-corrected chi connectivity index (χ3v) is 9.08. The van der Waals surface area contributed by atoms with Crippen LogP contribution in [0.3, 0.4) is 0 Å². The first-order valence-corrected chi connectivity index (χ1v) is 16.7. The summed E-state index contributed by atoms with van der Waals surface area (Å²) in [5, 5.41) is 24.3. The molecule has 3 atom stereocenters. The Morgan fingerprint density at radius 2 is 1.48 bits per heavy atom. The van der Waals surface area contributed by atoms with Crippen molar-refractivity contribution in [1.29, 1.82) is 0 Å². The Morgan fingerprint density at radius 3 is 2.17 bits per heavy atom. The number of nitrogens with two attached hydrogens (primary N) is 1. The minimum absolute atomic E-state index is 0.0356. The first-order chi connectivity index (χ1) is 23.3. The van der Waals surface area contributed by atoms with E-state index in [0.29, 0.717) is 36.5 Å². The molecule has 2 amide bonds. The lowest BCUT2D eigenvalue weighted by Gasteiger charge is -2.36. The van der Waals surface area contributed by atoms with Gasteiger partial charge in [-0.2, -0.15) is 0 Å². The number of thioether (sulfide) groups is 1. The Hall–Kier alpha value is -4.68. The van der Waals surface area contributed by atoms with Gasteiger partial charge in [0.1, 0.15) is 0 Å². The molecular weight excluding hydrogens is 630 g/mol. The van der Waals surface area contributed by atoms with E-state index in [0.717, 1.165) is 27.1 Å². The van der Waals surface area contributed by atoms with Gasteiger partial charge in [0, 0.05) is 42.0 Å². The molecule has 0 radical (unpaired) electrons. The van der Waals surface area contributed by atoms with Crippen molar-refractivity contribution in [3.05, 3.63) is 125 Å². The monoisotopic (exact) mass is 669 g/mol. The van der Waals surface area contributed by atoms with E-state index in [4.69, 9.17) is 15.2 Å². The van der Waals surface area contributed by atoms with Crippen molar-refractivity contribution in [3.8, 4) is 0 Å². The van der Waals surface area contributed by atoms with Gasteiger partial charge in [-0.1, -0.05) is 60.7 Å². The third-order valence-electron chi connectivity index (χ3n) is 7.94. The Labute approximate surface area is 283 Å². The van der Waals surface area contributed by atoms with Gasteiger partial charge in [-0.3, -0.25) is 9.59 Å². The van der Waals surface area contributed by atoms with Gasteiger partial charge in [-0.25, -0.2) is 4.79 Å². The number of carbonyl (C=O) groups is 3. The molecule has 10 nitrogen and oxygen atoms in total. The molecule has 1 saturated heterocycles. The van der Waals surface area contributed by atoms with Crippen LogP contribution in [0.25, 0.3) is 0 Å². The normalized spacial score (nSPS) is 17.4. The number of aliphatic hydroxyl groups is 1. The number of amides is 2. The molecule has 1 aliphatic rings. The predicted molar refractivity (Wildman–Crippen MR) is 184 cm³/mol. The van der Waals surface area contributed by atoms with E-state index in [9.17, 15) is 24.6 Å². The highest BCUT2D eigenvalue weighted by Crippen LogP contribution is 2.39. The second kappa shape index (κ2) is 16.9. The van der Waals surface area contributed by atoms with Crippen LogP contribution in [0.1, 0.15) is 70.7 Å². The van der Waals surface area contributed by atoms with E-state index in [1.54, 1.807) is 60.3 Å². The van der Waals surface area contributed by atoms with E-state index >= 15 is 0 Å². The fraction of sp³-hybridized carbons (Fsp3) is 0.270.